The Hall–Kier alpha value is -1.10. The molecule has 0 aliphatic rings. The molecule has 17 heavy (non-hydrogen) atoms. The summed E-state index contributed by atoms with van der Waals surface area (Å²) in [5.41, 5.74) is 0.407. The molecule has 4 nitrogen and oxygen atoms in total. The fraction of sp³-hybridized carbons (Fsp3) is 0.583. The second kappa shape index (κ2) is 7.27. The number of nitrogens with zero attached hydrogens (tertiary/aromatic N) is 3. The molecule has 1 rings (SSSR count). The van der Waals surface area contributed by atoms with Crippen LogP contribution in [0.3, 0.4) is 0 Å². The van der Waals surface area contributed by atoms with E-state index in [4.69, 9.17) is 0 Å². The maximum absolute atomic E-state index is 12.0. The van der Waals surface area contributed by atoms with E-state index in [2.05, 4.69) is 23.8 Å². The van der Waals surface area contributed by atoms with Crippen molar-refractivity contribution in [1.29, 1.82) is 0 Å². The van der Waals surface area contributed by atoms with Crippen LogP contribution in [0.2, 0.25) is 0 Å². The first kappa shape index (κ1) is 14.0. The molecule has 1 aromatic heterocycles. The highest BCUT2D eigenvalue weighted by molar-refractivity contribution is 7.99. The molecule has 1 amide bonds. The molecule has 0 unspecified atom stereocenters. The summed E-state index contributed by atoms with van der Waals surface area (Å²) in [5, 5.41) is 0. The van der Waals surface area contributed by atoms with E-state index in [1.165, 1.54) is 6.20 Å². The minimum Gasteiger partial charge on any atom is -0.338 e. The Balaban J connectivity index is 2.51. The van der Waals surface area contributed by atoms with Gasteiger partial charge in [0.15, 0.2) is 0 Å². The van der Waals surface area contributed by atoms with Crippen molar-refractivity contribution in [3.8, 4) is 0 Å². The van der Waals surface area contributed by atoms with E-state index in [0.717, 1.165) is 17.9 Å². The Morgan fingerprint density at radius 3 is 2.88 bits per heavy atom. The van der Waals surface area contributed by atoms with E-state index in [1.807, 2.05) is 18.8 Å². The van der Waals surface area contributed by atoms with Crippen molar-refractivity contribution in [2.24, 2.45) is 0 Å². The number of carbonyl (C=O) groups excluding carboxylic acids is 1. The second-order valence-corrected chi connectivity index (χ2v) is 5.24. The molecule has 0 saturated carbocycles. The van der Waals surface area contributed by atoms with Crippen molar-refractivity contribution in [2.45, 2.75) is 26.3 Å². The van der Waals surface area contributed by atoms with E-state index in [0.29, 0.717) is 5.69 Å². The van der Waals surface area contributed by atoms with Crippen molar-refractivity contribution in [3.05, 3.63) is 24.3 Å². The van der Waals surface area contributed by atoms with Crippen molar-refractivity contribution >= 4 is 17.7 Å². The van der Waals surface area contributed by atoms with Gasteiger partial charge in [0.2, 0.25) is 0 Å². The number of thioether (sulfide) groups is 1. The average Bonchev–Trinajstić information content (AvgIpc) is 2.38. The van der Waals surface area contributed by atoms with Crippen molar-refractivity contribution in [1.82, 2.24) is 14.9 Å². The van der Waals surface area contributed by atoms with Crippen molar-refractivity contribution in [3.63, 3.8) is 0 Å². The Morgan fingerprint density at radius 1 is 1.53 bits per heavy atom. The lowest BCUT2D eigenvalue weighted by molar-refractivity contribution is 0.0735. The van der Waals surface area contributed by atoms with E-state index in [9.17, 15) is 4.79 Å². The zero-order valence-corrected chi connectivity index (χ0v) is 11.4. The van der Waals surface area contributed by atoms with Crippen LogP contribution in [0.1, 0.15) is 30.8 Å². The largest absolute Gasteiger partial charge is 0.338 e. The van der Waals surface area contributed by atoms with Crippen LogP contribution in [0.4, 0.5) is 0 Å². The summed E-state index contributed by atoms with van der Waals surface area (Å²) in [6, 6.07) is 0.226. The Kier molecular flexibility index (Phi) is 5.97. The highest BCUT2D eigenvalue weighted by Crippen LogP contribution is 2.10. The lowest BCUT2D eigenvalue weighted by Gasteiger charge is -2.24. The van der Waals surface area contributed by atoms with Crippen LogP contribution in [-0.4, -0.2) is 45.4 Å². The summed E-state index contributed by atoms with van der Waals surface area (Å²) in [6.45, 7) is 4.20. The fourth-order valence-electron chi connectivity index (χ4n) is 1.38. The van der Waals surface area contributed by atoms with Gasteiger partial charge in [0.05, 0.1) is 6.20 Å². The lowest BCUT2D eigenvalue weighted by Crippen LogP contribution is -2.36. The molecule has 0 aromatic carbocycles. The summed E-state index contributed by atoms with van der Waals surface area (Å²) in [6.07, 6.45) is 5.62. The average molecular weight is 253 g/mol. The van der Waals surface area contributed by atoms with E-state index in [1.54, 1.807) is 17.3 Å². The van der Waals surface area contributed by atoms with Crippen LogP contribution in [0.15, 0.2) is 18.6 Å². The van der Waals surface area contributed by atoms with Crippen molar-refractivity contribution in [2.75, 3.05) is 18.6 Å². The molecular formula is C12H19N3OS. The van der Waals surface area contributed by atoms with Crippen LogP contribution in [0, 0.1) is 0 Å². The van der Waals surface area contributed by atoms with Crippen LogP contribution in [0.25, 0.3) is 0 Å². The van der Waals surface area contributed by atoms with Gasteiger partial charge >= 0.3 is 0 Å². The third kappa shape index (κ3) is 4.34. The number of hydrogen-bond acceptors (Lipinski definition) is 4. The molecule has 0 saturated heterocycles. The molecule has 0 N–H and O–H groups in total. The number of aromatic nitrogens is 2. The molecule has 1 heterocycles. The summed E-state index contributed by atoms with van der Waals surface area (Å²) < 4.78 is 0. The third-order valence-electron chi connectivity index (χ3n) is 2.65. The van der Waals surface area contributed by atoms with E-state index >= 15 is 0 Å². The van der Waals surface area contributed by atoms with E-state index < -0.39 is 0 Å². The van der Waals surface area contributed by atoms with Gasteiger partial charge in [-0.05, 0) is 24.9 Å². The number of hydrogen-bond donors (Lipinski definition) is 0. The zero-order valence-electron chi connectivity index (χ0n) is 10.6. The van der Waals surface area contributed by atoms with Gasteiger partial charge in [-0.3, -0.25) is 9.78 Å². The molecule has 0 fully saturated rings. The molecular weight excluding hydrogens is 234 g/mol. The Bertz CT molecular complexity index is 345. The predicted molar refractivity (Wildman–Crippen MR) is 71.2 cm³/mol. The molecule has 0 aliphatic carbocycles. The fourth-order valence-corrected chi connectivity index (χ4v) is 2.18. The SMILES string of the molecule is CCSCC[C@@H](C)N(C)C(=O)c1cnccn1. The summed E-state index contributed by atoms with van der Waals surface area (Å²) >= 11 is 1.90. The molecule has 1 atom stereocenters. The van der Waals surface area contributed by atoms with Gasteiger partial charge in [-0.2, -0.15) is 11.8 Å². The summed E-state index contributed by atoms with van der Waals surface area (Å²) in [4.78, 5) is 21.7. The first-order valence-corrected chi connectivity index (χ1v) is 6.93. The van der Waals surface area contributed by atoms with Crippen molar-refractivity contribution < 1.29 is 4.79 Å². The van der Waals surface area contributed by atoms with Gasteiger partial charge in [-0.25, -0.2) is 4.98 Å². The molecule has 5 heteroatoms. The number of carbonyl (C=O) groups is 1. The Labute approximate surface area is 107 Å². The highest BCUT2D eigenvalue weighted by atomic mass is 32.2. The van der Waals surface area contributed by atoms with Gasteiger partial charge in [0.25, 0.3) is 5.91 Å². The minimum absolute atomic E-state index is 0.0629. The van der Waals surface area contributed by atoms with Gasteiger partial charge in [-0.15, -0.1) is 0 Å². The van der Waals surface area contributed by atoms with Gasteiger partial charge in [-0.1, -0.05) is 6.92 Å². The molecule has 0 aliphatic heterocycles. The molecule has 0 radical (unpaired) electrons. The van der Waals surface area contributed by atoms with Gasteiger partial charge < -0.3 is 4.90 Å². The quantitative estimate of drug-likeness (QED) is 0.728. The monoisotopic (exact) mass is 253 g/mol. The maximum atomic E-state index is 12.0. The normalized spacial score (nSPS) is 12.2. The van der Waals surface area contributed by atoms with Crippen LogP contribution in [-0.2, 0) is 0 Å². The van der Waals surface area contributed by atoms with E-state index in [-0.39, 0.29) is 11.9 Å². The molecule has 1 aromatic rings. The first-order chi connectivity index (χ1) is 8.16. The second-order valence-electron chi connectivity index (χ2n) is 3.84. The number of rotatable bonds is 6. The maximum Gasteiger partial charge on any atom is 0.274 e. The minimum atomic E-state index is -0.0629. The molecule has 0 bridgehead atoms. The van der Waals surface area contributed by atoms with Crippen LogP contribution in [0.5, 0.6) is 0 Å². The standard InChI is InChI=1S/C12H19N3OS/c1-4-17-8-5-10(2)15(3)12(16)11-9-13-6-7-14-11/h6-7,9-10H,4-5,8H2,1-3H3/t10-/m1/s1. The molecule has 0 spiro atoms. The third-order valence-corrected chi connectivity index (χ3v) is 3.58. The summed E-state index contributed by atoms with van der Waals surface area (Å²) in [5.74, 6) is 2.14. The number of amides is 1. The lowest BCUT2D eigenvalue weighted by atomic mass is 10.2. The predicted octanol–water partition coefficient (Wildman–Crippen LogP) is 2.08. The van der Waals surface area contributed by atoms with Gasteiger partial charge in [0.1, 0.15) is 5.69 Å². The summed E-state index contributed by atoms with van der Waals surface area (Å²) in [7, 11) is 1.82. The first-order valence-electron chi connectivity index (χ1n) is 5.77. The topological polar surface area (TPSA) is 46.1 Å². The van der Waals surface area contributed by atoms with Crippen LogP contribution >= 0.6 is 11.8 Å². The van der Waals surface area contributed by atoms with Gasteiger partial charge in [0, 0.05) is 25.5 Å². The smallest absolute Gasteiger partial charge is 0.274 e. The zero-order chi connectivity index (χ0) is 12.7. The molecule has 94 valence electrons. The van der Waals surface area contributed by atoms with Crippen LogP contribution < -0.4 is 0 Å². The Morgan fingerprint density at radius 2 is 2.29 bits per heavy atom. The highest BCUT2D eigenvalue weighted by Gasteiger charge is 2.18.